The third-order valence-electron chi connectivity index (χ3n) is 9.96. The monoisotopic (exact) mass is 688 g/mol. The number of benzene rings is 4. The van der Waals surface area contributed by atoms with Crippen LogP contribution < -0.4 is 0 Å². The van der Waals surface area contributed by atoms with Crippen LogP contribution in [0.2, 0.25) is 9.26 Å². The van der Waals surface area contributed by atoms with E-state index in [1.54, 1.807) is 22.3 Å². The van der Waals surface area contributed by atoms with Gasteiger partial charge in [0.15, 0.2) is 0 Å². The molecule has 4 heteroatoms. The van der Waals surface area contributed by atoms with Crippen molar-refractivity contribution in [1.29, 1.82) is 0 Å². The molecule has 0 saturated heterocycles. The van der Waals surface area contributed by atoms with E-state index in [1.807, 2.05) is 0 Å². The van der Waals surface area contributed by atoms with E-state index in [0.717, 1.165) is 0 Å². The van der Waals surface area contributed by atoms with Crippen LogP contribution >= 0.6 is 24.8 Å². The molecule has 0 amide bonds. The third kappa shape index (κ3) is 5.32. The normalized spacial score (nSPS) is 18.2. The number of rotatable bonds is 6. The molecule has 0 heterocycles. The maximum atomic E-state index is 2.77. The minimum absolute atomic E-state index is 0. The van der Waals surface area contributed by atoms with Gasteiger partial charge in [-0.25, -0.2) is 0 Å². The summed E-state index contributed by atoms with van der Waals surface area (Å²) in [5.74, 6) is 0.570. The Morgan fingerprint density at radius 3 is 1.83 bits per heavy atom. The van der Waals surface area contributed by atoms with Crippen LogP contribution in [0.25, 0.3) is 34.4 Å². The van der Waals surface area contributed by atoms with Crippen molar-refractivity contribution in [1.82, 2.24) is 0 Å². The molecule has 42 heavy (non-hydrogen) atoms. The summed E-state index contributed by atoms with van der Waals surface area (Å²) in [5, 5.41) is 0. The molecule has 2 aliphatic rings. The fourth-order valence-corrected chi connectivity index (χ4v) is 28.6. The van der Waals surface area contributed by atoms with Gasteiger partial charge in [-0.1, -0.05) is 0 Å². The van der Waals surface area contributed by atoms with Gasteiger partial charge in [0.05, 0.1) is 0 Å². The van der Waals surface area contributed by atoms with Crippen LogP contribution in [0.4, 0.5) is 0 Å². The Morgan fingerprint density at radius 1 is 0.690 bits per heavy atom. The van der Waals surface area contributed by atoms with Gasteiger partial charge in [-0.2, -0.15) is 0 Å². The van der Waals surface area contributed by atoms with Crippen LogP contribution in [-0.2, 0) is 17.4 Å². The van der Waals surface area contributed by atoms with Gasteiger partial charge < -0.3 is 0 Å². The van der Waals surface area contributed by atoms with Crippen LogP contribution in [0.15, 0.2) is 102 Å². The van der Waals surface area contributed by atoms with Crippen LogP contribution in [0.3, 0.4) is 0 Å². The summed E-state index contributed by atoms with van der Waals surface area (Å²) in [6.07, 6.45) is 6.35. The molecular weight excluding hydrogens is 647 g/mol. The standard InChI is InChI=1S/C19H19.C17H15.2CH3.2ClH.H2Si.Zr/c1-3-14(2)17-12-16-10-7-11-18(19(16)13-17)15-8-5-4-6-9-15;1-12-10-16-13(2)8-9-15(17(16)11-12)14-6-4-3-5-7-14;;;;;;/h4-14H,3H2,1-2H3;3-11H,1-2H3;2*1H3;2*1H;1H2;. The molecule has 4 aromatic carbocycles. The average molecular weight is 691 g/mol. The molecule has 6 rings (SSSR count). The summed E-state index contributed by atoms with van der Waals surface area (Å²) in [4.78, 5) is 0. The average Bonchev–Trinajstić information content (AvgIpc) is 3.54. The first-order valence-corrected chi connectivity index (χ1v) is 28.6. The fourth-order valence-electron chi connectivity index (χ4n) is 8.10. The Balaban J connectivity index is 0.00000202. The van der Waals surface area contributed by atoms with Gasteiger partial charge in [0.25, 0.3) is 0 Å². The van der Waals surface area contributed by atoms with Crippen molar-refractivity contribution < 1.29 is 17.4 Å². The summed E-state index contributed by atoms with van der Waals surface area (Å²) >= 11 is -3.65. The van der Waals surface area contributed by atoms with Gasteiger partial charge in [-0.15, -0.1) is 24.8 Å². The summed E-state index contributed by atoms with van der Waals surface area (Å²) in [7, 11) is 0. The van der Waals surface area contributed by atoms with Gasteiger partial charge in [0.2, 0.25) is 0 Å². The first-order chi connectivity index (χ1) is 19.1. The van der Waals surface area contributed by atoms with Crippen molar-refractivity contribution in [3.8, 4) is 22.3 Å². The van der Waals surface area contributed by atoms with E-state index in [1.165, 1.54) is 45.4 Å². The second-order valence-electron chi connectivity index (χ2n) is 13.4. The van der Waals surface area contributed by atoms with Crippen LogP contribution in [0.5, 0.6) is 0 Å². The van der Waals surface area contributed by atoms with E-state index in [4.69, 9.17) is 0 Å². The molecule has 218 valence electrons. The molecule has 0 radical (unpaired) electrons. The number of aryl methyl sites for hydroxylation is 1. The van der Waals surface area contributed by atoms with Gasteiger partial charge in [-0.3, -0.25) is 0 Å². The Bertz CT molecular complexity index is 1750. The van der Waals surface area contributed by atoms with E-state index in [9.17, 15) is 0 Å². The minimum atomic E-state index is -3.65. The zero-order chi connectivity index (χ0) is 28.3. The van der Waals surface area contributed by atoms with Gasteiger partial charge in [0, 0.05) is 0 Å². The van der Waals surface area contributed by atoms with Crippen LogP contribution in [-0.4, -0.2) is 6.88 Å². The second kappa shape index (κ2) is 12.2. The molecule has 0 saturated carbocycles. The zero-order valence-corrected chi connectivity index (χ0v) is 31.3. The molecule has 0 spiro atoms. The smallest absolute Gasteiger partial charge is 0.147 e. The summed E-state index contributed by atoms with van der Waals surface area (Å²) in [6.45, 7) is 12.1. The number of hydrogen-bond acceptors (Lipinski definition) is 0. The van der Waals surface area contributed by atoms with Crippen molar-refractivity contribution in [3.63, 3.8) is 0 Å². The van der Waals surface area contributed by atoms with Gasteiger partial charge in [-0.05, 0) is 0 Å². The van der Waals surface area contributed by atoms with Crippen molar-refractivity contribution in [3.05, 3.63) is 130 Å². The molecule has 3 unspecified atom stereocenters. The summed E-state index contributed by atoms with van der Waals surface area (Å²) in [5.41, 5.74) is 16.3. The quantitative estimate of drug-likeness (QED) is 0.177. The first kappa shape index (κ1) is 32.9. The Labute approximate surface area is 268 Å². The molecule has 0 bridgehead atoms. The summed E-state index contributed by atoms with van der Waals surface area (Å²) in [6, 6.07) is 33.8. The summed E-state index contributed by atoms with van der Waals surface area (Å²) < 4.78 is 6.61. The Kier molecular flexibility index (Phi) is 9.57. The second-order valence-corrected chi connectivity index (χ2v) is 43.9. The first-order valence-electron chi connectivity index (χ1n) is 14.9. The molecule has 2 aliphatic carbocycles. The molecule has 0 aromatic heterocycles. The zero-order valence-electron chi connectivity index (χ0n) is 25.8. The van der Waals surface area contributed by atoms with E-state index in [2.05, 4.69) is 147 Å². The fraction of sp³-hybridized carbons (Fsp3) is 0.263. The number of allylic oxidation sites excluding steroid dienone is 2. The van der Waals surface area contributed by atoms with Crippen molar-refractivity contribution in [2.45, 2.75) is 50.6 Å². The predicted octanol–water partition coefficient (Wildman–Crippen LogP) is 11.1. The van der Waals surface area contributed by atoms with E-state index < -0.39 is 17.4 Å². The van der Waals surface area contributed by atoms with Crippen molar-refractivity contribution in [2.24, 2.45) is 5.92 Å². The van der Waals surface area contributed by atoms with Gasteiger partial charge in [0.1, 0.15) is 0 Å². The Morgan fingerprint density at radius 2 is 1.26 bits per heavy atom. The van der Waals surface area contributed by atoms with E-state index >= 15 is 0 Å². The SMILES string of the molecule is CCC(C)C1=Cc2c(-c3ccccc3)cccc2[CH]1[Zr]([CH3])([CH3])(=[SiH2])[CH]1C(C)=Cc2c(-c3ccccc3)ccc(C)c21.Cl.Cl. The van der Waals surface area contributed by atoms with E-state index in [-0.39, 0.29) is 24.8 Å². The molecular formula is C38H44Cl2SiZr. The molecule has 0 nitrogen and oxygen atoms in total. The molecule has 0 aliphatic heterocycles. The predicted molar refractivity (Wildman–Crippen MR) is 190 cm³/mol. The maximum Gasteiger partial charge on any atom is -0.147 e. The van der Waals surface area contributed by atoms with Crippen molar-refractivity contribution in [2.75, 3.05) is 0 Å². The molecule has 0 fully saturated rings. The van der Waals surface area contributed by atoms with E-state index in [0.29, 0.717) is 13.2 Å². The van der Waals surface area contributed by atoms with Crippen LogP contribution in [0, 0.1) is 12.8 Å². The van der Waals surface area contributed by atoms with Crippen molar-refractivity contribution >= 4 is 43.8 Å². The van der Waals surface area contributed by atoms with Gasteiger partial charge >= 0.3 is 245 Å². The molecule has 3 atom stereocenters. The third-order valence-corrected chi connectivity index (χ3v) is 27.5. The maximum absolute atomic E-state index is 3.65. The Hall–Kier alpha value is -1.96. The number of fused-ring (bicyclic) bond motifs is 2. The molecule has 4 aromatic rings. The molecule has 0 N–H and O–H groups in total. The van der Waals surface area contributed by atoms with Crippen LogP contribution in [0.1, 0.15) is 62.3 Å². The number of hydrogen-bond donors (Lipinski definition) is 0. The largest absolute Gasteiger partial charge is 0.147 e. The minimum Gasteiger partial charge on any atom is -0.147 e. The topological polar surface area (TPSA) is 0 Å². The number of halogens is 2.